The van der Waals surface area contributed by atoms with Crippen LogP contribution in [0.15, 0.2) is 36.4 Å². The highest BCUT2D eigenvalue weighted by molar-refractivity contribution is 6.31. The Bertz CT molecular complexity index is 1160. The Morgan fingerprint density at radius 3 is 2.44 bits per heavy atom. The van der Waals surface area contributed by atoms with Crippen molar-refractivity contribution in [1.29, 1.82) is 0 Å². The number of carboxylic acid groups (broad SMARTS) is 1. The molecule has 2 atom stereocenters. The lowest BCUT2D eigenvalue weighted by molar-refractivity contribution is 0.0463. The molecule has 1 N–H and O–H groups in total. The topological polar surface area (TPSA) is 72.8 Å². The van der Waals surface area contributed by atoms with Gasteiger partial charge in [-0.25, -0.2) is 14.8 Å². The van der Waals surface area contributed by atoms with Crippen LogP contribution in [0.4, 0.5) is 5.82 Å². The van der Waals surface area contributed by atoms with Gasteiger partial charge in [0.1, 0.15) is 0 Å². The Hall–Kier alpha value is -2.48. The highest BCUT2D eigenvalue weighted by atomic mass is 35.5. The summed E-state index contributed by atoms with van der Waals surface area (Å²) in [5.74, 6) is -0.0523. The van der Waals surface area contributed by atoms with E-state index in [1.165, 1.54) is 29.5 Å². The standard InChI is InChI=1S/C28H36ClN5O2/c1-18(2)23-15-28(23)17-33(26-25(29)31-24(27(35)36)20(4)30-26)13-14-34(28)22-9-11-32(12-10-22)16-21-7-5-19(3)6-8-21/h5-8,22-23H,1,9-17H2,2-4H3,(H,35,36). The maximum absolute atomic E-state index is 11.5. The zero-order valence-corrected chi connectivity index (χ0v) is 22.3. The number of carboxylic acids is 1. The minimum atomic E-state index is -1.10. The smallest absolute Gasteiger partial charge is 0.356 e. The first-order chi connectivity index (χ1) is 17.2. The SMILES string of the molecule is C=C(C)C1CC12CN(c1nc(C)c(C(=O)O)nc1Cl)CCN2C1CCN(Cc2ccc(C)cc2)CC1. The minimum Gasteiger partial charge on any atom is -0.476 e. The number of piperidine rings is 1. The molecule has 1 aromatic heterocycles. The van der Waals surface area contributed by atoms with Crippen molar-refractivity contribution in [2.45, 2.75) is 58.2 Å². The van der Waals surface area contributed by atoms with Gasteiger partial charge in [-0.2, -0.15) is 0 Å². The maximum Gasteiger partial charge on any atom is 0.356 e. The number of anilines is 1. The Balaban J connectivity index is 1.29. The predicted molar refractivity (Wildman–Crippen MR) is 143 cm³/mol. The molecule has 2 saturated heterocycles. The quantitative estimate of drug-likeness (QED) is 0.572. The van der Waals surface area contributed by atoms with Gasteiger partial charge < -0.3 is 10.0 Å². The van der Waals surface area contributed by atoms with Crippen LogP contribution in [-0.4, -0.2) is 75.1 Å². The highest BCUT2D eigenvalue weighted by Crippen LogP contribution is 2.55. The molecule has 5 rings (SSSR count). The van der Waals surface area contributed by atoms with Gasteiger partial charge in [0.15, 0.2) is 16.7 Å². The number of likely N-dealkylation sites (tertiary alicyclic amines) is 1. The van der Waals surface area contributed by atoms with E-state index in [4.69, 9.17) is 11.6 Å². The molecule has 3 fully saturated rings. The summed E-state index contributed by atoms with van der Waals surface area (Å²) in [7, 11) is 0. The normalized spacial score (nSPS) is 25.3. The van der Waals surface area contributed by atoms with Crippen molar-refractivity contribution in [2.75, 3.05) is 37.6 Å². The second-order valence-corrected chi connectivity index (χ2v) is 11.2. The monoisotopic (exact) mass is 509 g/mol. The van der Waals surface area contributed by atoms with Crippen LogP contribution >= 0.6 is 11.6 Å². The molecule has 1 saturated carbocycles. The third-order valence-electron chi connectivity index (χ3n) is 8.33. The summed E-state index contributed by atoms with van der Waals surface area (Å²) in [4.78, 5) is 27.7. The van der Waals surface area contributed by atoms with E-state index in [1.54, 1.807) is 6.92 Å². The van der Waals surface area contributed by atoms with E-state index in [-0.39, 0.29) is 16.4 Å². The molecule has 0 amide bonds. The molecule has 1 spiro atoms. The number of rotatable bonds is 6. The molecule has 7 nitrogen and oxygen atoms in total. The number of piperazine rings is 1. The Morgan fingerprint density at radius 2 is 1.83 bits per heavy atom. The summed E-state index contributed by atoms with van der Waals surface area (Å²) in [5, 5.41) is 9.54. The average Bonchev–Trinajstić information content (AvgIpc) is 3.56. The highest BCUT2D eigenvalue weighted by Gasteiger charge is 2.62. The number of benzene rings is 1. The van der Waals surface area contributed by atoms with Crippen molar-refractivity contribution in [2.24, 2.45) is 5.92 Å². The molecule has 0 radical (unpaired) electrons. The van der Waals surface area contributed by atoms with Crippen LogP contribution in [0.2, 0.25) is 5.15 Å². The molecule has 36 heavy (non-hydrogen) atoms. The number of nitrogens with zero attached hydrogens (tertiary/aromatic N) is 5. The number of aromatic carboxylic acids is 1. The summed E-state index contributed by atoms with van der Waals surface area (Å²) in [5.41, 5.74) is 4.27. The molecule has 192 valence electrons. The van der Waals surface area contributed by atoms with Crippen LogP contribution in [0.25, 0.3) is 0 Å². The first-order valence-electron chi connectivity index (χ1n) is 12.9. The molecule has 2 aromatic rings. The Morgan fingerprint density at radius 1 is 1.14 bits per heavy atom. The molecule has 2 aliphatic heterocycles. The maximum atomic E-state index is 11.5. The zero-order valence-electron chi connectivity index (χ0n) is 21.5. The molecule has 2 unspecified atom stereocenters. The lowest BCUT2D eigenvalue weighted by Crippen LogP contribution is -2.61. The summed E-state index contributed by atoms with van der Waals surface area (Å²) >= 11 is 6.45. The van der Waals surface area contributed by atoms with Crippen molar-refractivity contribution >= 4 is 23.4 Å². The number of aromatic nitrogens is 2. The van der Waals surface area contributed by atoms with E-state index in [0.717, 1.165) is 45.7 Å². The molecular weight excluding hydrogens is 474 g/mol. The van der Waals surface area contributed by atoms with Gasteiger partial charge in [0.2, 0.25) is 0 Å². The Labute approximate surface area is 218 Å². The van der Waals surface area contributed by atoms with Crippen LogP contribution in [0.1, 0.15) is 53.5 Å². The van der Waals surface area contributed by atoms with Gasteiger partial charge in [-0.05, 0) is 58.7 Å². The number of carbonyl (C=O) groups is 1. The van der Waals surface area contributed by atoms with Crippen molar-refractivity contribution in [3.63, 3.8) is 0 Å². The van der Waals surface area contributed by atoms with Gasteiger partial charge in [0, 0.05) is 43.7 Å². The first-order valence-corrected chi connectivity index (χ1v) is 13.3. The lowest BCUT2D eigenvalue weighted by Gasteiger charge is -2.49. The summed E-state index contributed by atoms with van der Waals surface area (Å²) in [6, 6.07) is 9.45. The predicted octanol–water partition coefficient (Wildman–Crippen LogP) is 4.57. The van der Waals surface area contributed by atoms with Crippen molar-refractivity contribution in [1.82, 2.24) is 19.8 Å². The number of hydrogen-bond donors (Lipinski definition) is 1. The van der Waals surface area contributed by atoms with Crippen molar-refractivity contribution in [3.8, 4) is 0 Å². The fraction of sp³-hybridized carbons (Fsp3) is 0.536. The lowest BCUT2D eigenvalue weighted by atomic mass is 9.95. The van der Waals surface area contributed by atoms with Crippen LogP contribution < -0.4 is 4.90 Å². The Kier molecular flexibility index (Phi) is 6.83. The molecule has 1 aliphatic carbocycles. The average molecular weight is 510 g/mol. The van der Waals surface area contributed by atoms with E-state index in [0.29, 0.717) is 23.5 Å². The van der Waals surface area contributed by atoms with E-state index >= 15 is 0 Å². The molecular formula is C28H36ClN5O2. The molecule has 0 bridgehead atoms. The number of halogens is 1. The third-order valence-corrected chi connectivity index (χ3v) is 8.58. The second kappa shape index (κ2) is 9.77. The van der Waals surface area contributed by atoms with Crippen molar-refractivity contribution in [3.05, 3.63) is 64.1 Å². The molecule has 8 heteroatoms. The molecule has 3 heterocycles. The fourth-order valence-electron chi connectivity index (χ4n) is 6.33. The number of hydrogen-bond acceptors (Lipinski definition) is 6. The zero-order chi connectivity index (χ0) is 25.6. The van der Waals surface area contributed by atoms with Gasteiger partial charge in [-0.3, -0.25) is 9.80 Å². The summed E-state index contributed by atoms with van der Waals surface area (Å²) < 4.78 is 0. The van der Waals surface area contributed by atoms with Gasteiger partial charge in [0.05, 0.1) is 5.69 Å². The minimum absolute atomic E-state index is 0.0399. The van der Waals surface area contributed by atoms with E-state index in [1.807, 2.05) is 0 Å². The van der Waals surface area contributed by atoms with Crippen molar-refractivity contribution < 1.29 is 9.90 Å². The van der Waals surface area contributed by atoms with Crippen LogP contribution in [0, 0.1) is 19.8 Å². The largest absolute Gasteiger partial charge is 0.476 e. The van der Waals surface area contributed by atoms with Crippen LogP contribution in [0.3, 0.4) is 0 Å². The van der Waals surface area contributed by atoms with E-state index in [9.17, 15) is 9.90 Å². The fourth-order valence-corrected chi connectivity index (χ4v) is 6.58. The second-order valence-electron chi connectivity index (χ2n) is 10.9. The van der Waals surface area contributed by atoms with Gasteiger partial charge >= 0.3 is 5.97 Å². The van der Waals surface area contributed by atoms with Crippen LogP contribution in [0.5, 0.6) is 0 Å². The summed E-state index contributed by atoms with van der Waals surface area (Å²) in [6.45, 7) is 16.0. The van der Waals surface area contributed by atoms with E-state index < -0.39 is 5.97 Å². The number of aryl methyl sites for hydroxylation is 2. The van der Waals surface area contributed by atoms with Gasteiger partial charge in [-0.1, -0.05) is 53.6 Å². The van der Waals surface area contributed by atoms with Gasteiger partial charge in [0.25, 0.3) is 0 Å². The third kappa shape index (κ3) is 4.76. The molecule has 3 aliphatic rings. The molecule has 1 aromatic carbocycles. The van der Waals surface area contributed by atoms with Crippen LogP contribution in [-0.2, 0) is 6.54 Å². The van der Waals surface area contributed by atoms with Gasteiger partial charge in [-0.15, -0.1) is 0 Å². The first kappa shape index (κ1) is 25.2. The van der Waals surface area contributed by atoms with E-state index in [2.05, 4.69) is 69.4 Å². The summed E-state index contributed by atoms with van der Waals surface area (Å²) in [6.07, 6.45) is 3.44.